The lowest BCUT2D eigenvalue weighted by Gasteiger charge is -2.22. The molecule has 2 aliphatic rings. The third-order valence-electron chi connectivity index (χ3n) is 4.53. The average molecular weight is 286 g/mol. The molecule has 2 fully saturated rings. The number of nitrogens with one attached hydrogen (secondary N) is 1. The molecule has 0 aromatic heterocycles. The minimum absolute atomic E-state index is 0.0530. The largest absolute Gasteiger partial charge is 0.355 e. The van der Waals surface area contributed by atoms with Gasteiger partial charge in [0.05, 0.1) is 0 Å². The SMILES string of the molecule is O=C(NCCc1ccccc1)C1(C(=O)N2CCCC2)CC1. The Morgan fingerprint density at radius 1 is 1.10 bits per heavy atom. The Labute approximate surface area is 125 Å². The molecule has 4 nitrogen and oxygen atoms in total. The lowest BCUT2D eigenvalue weighted by Crippen LogP contribution is -2.44. The van der Waals surface area contributed by atoms with Crippen LogP contribution in [0.15, 0.2) is 30.3 Å². The van der Waals surface area contributed by atoms with Crippen LogP contribution < -0.4 is 5.32 Å². The van der Waals surface area contributed by atoms with Crippen molar-refractivity contribution in [1.29, 1.82) is 0 Å². The number of carbonyl (C=O) groups is 2. The monoisotopic (exact) mass is 286 g/mol. The lowest BCUT2D eigenvalue weighted by molar-refractivity contribution is -0.143. The van der Waals surface area contributed by atoms with Crippen LogP contribution in [0.1, 0.15) is 31.2 Å². The van der Waals surface area contributed by atoms with Gasteiger partial charge >= 0.3 is 0 Å². The average Bonchev–Trinajstić information content (AvgIpc) is 3.15. The third kappa shape index (κ3) is 2.94. The Bertz CT molecular complexity index is 517. The predicted octanol–water partition coefficient (Wildman–Crippen LogP) is 1.75. The van der Waals surface area contributed by atoms with E-state index in [4.69, 9.17) is 0 Å². The number of hydrogen-bond donors (Lipinski definition) is 1. The van der Waals surface area contributed by atoms with E-state index in [1.54, 1.807) is 0 Å². The van der Waals surface area contributed by atoms with Crippen molar-refractivity contribution < 1.29 is 9.59 Å². The van der Waals surface area contributed by atoms with Gasteiger partial charge in [-0.25, -0.2) is 0 Å². The van der Waals surface area contributed by atoms with E-state index in [1.807, 2.05) is 23.1 Å². The van der Waals surface area contributed by atoms with E-state index in [1.165, 1.54) is 5.56 Å². The smallest absolute Gasteiger partial charge is 0.238 e. The zero-order valence-electron chi connectivity index (χ0n) is 12.3. The fourth-order valence-corrected chi connectivity index (χ4v) is 3.02. The van der Waals surface area contributed by atoms with E-state index in [2.05, 4.69) is 17.4 Å². The van der Waals surface area contributed by atoms with Gasteiger partial charge in [0.1, 0.15) is 5.41 Å². The Kier molecular flexibility index (Phi) is 3.95. The molecule has 1 N–H and O–H groups in total. The summed E-state index contributed by atoms with van der Waals surface area (Å²) >= 11 is 0. The molecule has 1 aliphatic heterocycles. The molecule has 0 atom stereocenters. The second-order valence-corrected chi connectivity index (χ2v) is 6.07. The molecule has 0 bridgehead atoms. The highest BCUT2D eigenvalue weighted by molar-refractivity contribution is 6.07. The van der Waals surface area contributed by atoms with Gasteiger partial charge in [-0.1, -0.05) is 30.3 Å². The van der Waals surface area contributed by atoms with Gasteiger partial charge < -0.3 is 10.2 Å². The van der Waals surface area contributed by atoms with Crippen molar-refractivity contribution in [2.75, 3.05) is 19.6 Å². The second kappa shape index (κ2) is 5.88. The maximum atomic E-state index is 12.5. The number of amides is 2. The van der Waals surface area contributed by atoms with Crippen molar-refractivity contribution in [3.8, 4) is 0 Å². The Balaban J connectivity index is 1.51. The maximum Gasteiger partial charge on any atom is 0.238 e. The summed E-state index contributed by atoms with van der Waals surface area (Å²) in [6.07, 6.45) is 4.36. The molecule has 21 heavy (non-hydrogen) atoms. The second-order valence-electron chi connectivity index (χ2n) is 6.07. The molecule has 1 saturated carbocycles. The topological polar surface area (TPSA) is 49.4 Å². The Hall–Kier alpha value is -1.84. The molecule has 1 aromatic rings. The van der Waals surface area contributed by atoms with Crippen molar-refractivity contribution in [3.63, 3.8) is 0 Å². The van der Waals surface area contributed by atoms with E-state index in [0.717, 1.165) is 32.4 Å². The summed E-state index contributed by atoms with van der Waals surface area (Å²) in [5, 5.41) is 2.95. The molecular weight excluding hydrogens is 264 g/mol. The minimum atomic E-state index is -0.735. The first kappa shape index (κ1) is 14.1. The molecule has 1 heterocycles. The van der Waals surface area contributed by atoms with Gasteiger partial charge in [-0.2, -0.15) is 0 Å². The van der Waals surface area contributed by atoms with Crippen LogP contribution in [0.2, 0.25) is 0 Å². The van der Waals surface area contributed by atoms with Crippen molar-refractivity contribution in [1.82, 2.24) is 10.2 Å². The molecule has 3 rings (SSSR count). The van der Waals surface area contributed by atoms with Gasteiger partial charge in [-0.3, -0.25) is 9.59 Å². The first-order valence-electron chi connectivity index (χ1n) is 7.84. The van der Waals surface area contributed by atoms with E-state index in [9.17, 15) is 9.59 Å². The fraction of sp³-hybridized carbons (Fsp3) is 0.529. The highest BCUT2D eigenvalue weighted by Gasteiger charge is 2.57. The molecule has 0 unspecified atom stereocenters. The first-order chi connectivity index (χ1) is 10.2. The lowest BCUT2D eigenvalue weighted by atomic mass is 10.0. The first-order valence-corrected chi connectivity index (χ1v) is 7.84. The molecular formula is C17H22N2O2. The van der Waals surface area contributed by atoms with Crippen LogP contribution in [0.3, 0.4) is 0 Å². The van der Waals surface area contributed by atoms with E-state index in [-0.39, 0.29) is 11.8 Å². The third-order valence-corrected chi connectivity index (χ3v) is 4.53. The summed E-state index contributed by atoms with van der Waals surface area (Å²) in [5.74, 6) is -0.0208. The van der Waals surface area contributed by atoms with Crippen LogP contribution in [0.5, 0.6) is 0 Å². The summed E-state index contributed by atoms with van der Waals surface area (Å²) in [7, 11) is 0. The van der Waals surface area contributed by atoms with E-state index >= 15 is 0 Å². The van der Waals surface area contributed by atoms with Gasteiger partial charge in [0.15, 0.2) is 0 Å². The summed E-state index contributed by atoms with van der Waals surface area (Å²) in [4.78, 5) is 26.7. The number of likely N-dealkylation sites (tertiary alicyclic amines) is 1. The van der Waals surface area contributed by atoms with E-state index < -0.39 is 5.41 Å². The van der Waals surface area contributed by atoms with Gasteiger partial charge in [0.2, 0.25) is 11.8 Å². The van der Waals surface area contributed by atoms with Crippen LogP contribution >= 0.6 is 0 Å². The molecule has 112 valence electrons. The standard InChI is InChI=1S/C17H22N2O2/c20-15(18-11-8-14-6-2-1-3-7-14)17(9-10-17)16(21)19-12-4-5-13-19/h1-3,6-7H,4-5,8-13H2,(H,18,20). The number of hydrogen-bond acceptors (Lipinski definition) is 2. The van der Waals surface area contributed by atoms with Crippen molar-refractivity contribution >= 4 is 11.8 Å². The fourth-order valence-electron chi connectivity index (χ4n) is 3.02. The molecule has 0 radical (unpaired) electrons. The molecule has 1 saturated heterocycles. The zero-order valence-corrected chi connectivity index (χ0v) is 12.3. The van der Waals surface area contributed by atoms with E-state index in [0.29, 0.717) is 19.4 Å². The van der Waals surface area contributed by atoms with Crippen molar-refractivity contribution in [2.45, 2.75) is 32.1 Å². The quantitative estimate of drug-likeness (QED) is 0.838. The Morgan fingerprint density at radius 3 is 2.38 bits per heavy atom. The minimum Gasteiger partial charge on any atom is -0.355 e. The molecule has 0 spiro atoms. The highest BCUT2D eigenvalue weighted by Crippen LogP contribution is 2.47. The zero-order chi connectivity index (χ0) is 14.7. The molecule has 4 heteroatoms. The van der Waals surface area contributed by atoms with Crippen LogP contribution in [-0.2, 0) is 16.0 Å². The summed E-state index contributed by atoms with van der Waals surface area (Å²) in [6, 6.07) is 10.1. The number of nitrogens with zero attached hydrogens (tertiary/aromatic N) is 1. The molecule has 1 aromatic carbocycles. The summed E-state index contributed by atoms with van der Waals surface area (Å²) in [6.45, 7) is 2.23. The molecule has 1 aliphatic carbocycles. The van der Waals surface area contributed by atoms with Crippen LogP contribution in [-0.4, -0.2) is 36.3 Å². The Morgan fingerprint density at radius 2 is 1.76 bits per heavy atom. The van der Waals surface area contributed by atoms with Crippen LogP contribution in [0, 0.1) is 5.41 Å². The summed E-state index contributed by atoms with van der Waals surface area (Å²) in [5.41, 5.74) is 0.467. The summed E-state index contributed by atoms with van der Waals surface area (Å²) < 4.78 is 0. The van der Waals surface area contributed by atoms with Gasteiger partial charge in [-0.05, 0) is 37.7 Å². The van der Waals surface area contributed by atoms with Crippen molar-refractivity contribution in [2.24, 2.45) is 5.41 Å². The van der Waals surface area contributed by atoms with Gasteiger partial charge in [0.25, 0.3) is 0 Å². The van der Waals surface area contributed by atoms with Crippen molar-refractivity contribution in [3.05, 3.63) is 35.9 Å². The number of rotatable bonds is 5. The number of benzene rings is 1. The number of carbonyl (C=O) groups excluding carboxylic acids is 2. The van der Waals surface area contributed by atoms with Gasteiger partial charge in [0, 0.05) is 19.6 Å². The highest BCUT2D eigenvalue weighted by atomic mass is 16.2. The van der Waals surface area contributed by atoms with Gasteiger partial charge in [-0.15, -0.1) is 0 Å². The van der Waals surface area contributed by atoms with Crippen LogP contribution in [0.4, 0.5) is 0 Å². The predicted molar refractivity (Wildman–Crippen MR) is 80.6 cm³/mol. The maximum absolute atomic E-state index is 12.5. The van der Waals surface area contributed by atoms with Crippen LogP contribution in [0.25, 0.3) is 0 Å². The molecule has 2 amide bonds. The normalized spacial score (nSPS) is 19.3.